The first kappa shape index (κ1) is 16.3. The van der Waals surface area contributed by atoms with E-state index in [0.717, 1.165) is 0 Å². The number of carbonyl (C=O) groups is 1. The van der Waals surface area contributed by atoms with Crippen LogP contribution in [0.3, 0.4) is 0 Å². The van der Waals surface area contributed by atoms with Gasteiger partial charge in [-0.3, -0.25) is 4.79 Å². The van der Waals surface area contributed by atoms with Gasteiger partial charge in [-0.2, -0.15) is 0 Å². The van der Waals surface area contributed by atoms with Gasteiger partial charge in [0.2, 0.25) is 5.91 Å². The number of hydrogen-bond acceptors (Lipinski definition) is 4. The van der Waals surface area contributed by atoms with Gasteiger partial charge >= 0.3 is 0 Å². The maximum atomic E-state index is 11.3. The molecule has 0 unspecified atom stereocenters. The highest BCUT2D eigenvalue weighted by Gasteiger charge is 1.99. The van der Waals surface area contributed by atoms with Gasteiger partial charge in [0, 0.05) is 31.0 Å². The molecule has 0 fully saturated rings. The molecule has 0 radical (unpaired) electrons. The number of phenols is 1. The Bertz CT molecular complexity index is 422. The first-order valence-electron chi connectivity index (χ1n) is 5.17. The molecule has 0 atom stereocenters. The van der Waals surface area contributed by atoms with Crippen molar-refractivity contribution in [3.05, 3.63) is 29.8 Å². The molecule has 0 aromatic heterocycles. The summed E-state index contributed by atoms with van der Waals surface area (Å²) < 4.78 is 4.79. The van der Waals surface area contributed by atoms with Crippen LogP contribution in [0.2, 0.25) is 0 Å². The average molecular weight is 273 g/mol. The predicted octanol–water partition coefficient (Wildman–Crippen LogP) is 1.17. The fourth-order valence-electron chi connectivity index (χ4n) is 1.21. The molecule has 0 spiro atoms. The zero-order valence-electron chi connectivity index (χ0n) is 10.1. The molecule has 4 N–H and O–H groups in total. The van der Waals surface area contributed by atoms with Crippen LogP contribution in [0.25, 0.3) is 6.08 Å². The first-order valence-corrected chi connectivity index (χ1v) is 5.17. The molecule has 1 amide bonds. The maximum absolute atomic E-state index is 11.3. The molecule has 0 saturated carbocycles. The Kier molecular flexibility index (Phi) is 7.58. The molecule has 0 aliphatic rings. The van der Waals surface area contributed by atoms with Crippen LogP contribution in [0.1, 0.15) is 5.56 Å². The summed E-state index contributed by atoms with van der Waals surface area (Å²) in [6, 6.07) is 4.66. The number of nitrogens with one attached hydrogen (secondary N) is 1. The molecule has 0 aliphatic heterocycles. The van der Waals surface area contributed by atoms with Crippen LogP contribution < -0.4 is 11.1 Å². The topological polar surface area (TPSA) is 84.6 Å². The third-order valence-corrected chi connectivity index (χ3v) is 2.07. The number of aromatic hydroxyl groups is 1. The first-order chi connectivity index (χ1) is 8.13. The summed E-state index contributed by atoms with van der Waals surface area (Å²) in [4.78, 5) is 11.3. The van der Waals surface area contributed by atoms with E-state index in [2.05, 4.69) is 5.32 Å². The second kappa shape index (κ2) is 8.38. The van der Waals surface area contributed by atoms with Crippen molar-refractivity contribution in [2.45, 2.75) is 0 Å². The van der Waals surface area contributed by atoms with Gasteiger partial charge in [0.1, 0.15) is 5.75 Å². The fourth-order valence-corrected chi connectivity index (χ4v) is 1.21. The fraction of sp³-hybridized carbons (Fsp3) is 0.250. The lowest BCUT2D eigenvalue weighted by molar-refractivity contribution is -0.116. The van der Waals surface area contributed by atoms with Crippen LogP contribution in [0.4, 0.5) is 5.69 Å². The number of phenolic OH excluding ortho intramolecular Hbond substituents is 1. The Morgan fingerprint density at radius 3 is 2.94 bits per heavy atom. The molecule has 5 nitrogen and oxygen atoms in total. The van der Waals surface area contributed by atoms with Crippen molar-refractivity contribution in [2.75, 3.05) is 26.0 Å². The third kappa shape index (κ3) is 5.56. The number of anilines is 1. The van der Waals surface area contributed by atoms with Gasteiger partial charge in [-0.25, -0.2) is 0 Å². The highest BCUT2D eigenvalue weighted by molar-refractivity contribution is 5.92. The van der Waals surface area contributed by atoms with E-state index >= 15 is 0 Å². The summed E-state index contributed by atoms with van der Waals surface area (Å²) in [5.74, 6) is -0.163. The lowest BCUT2D eigenvalue weighted by Crippen LogP contribution is -2.24. The van der Waals surface area contributed by atoms with Crippen molar-refractivity contribution in [2.24, 2.45) is 0 Å². The van der Waals surface area contributed by atoms with Gasteiger partial charge in [-0.1, -0.05) is 0 Å². The number of benzene rings is 1. The Labute approximate surface area is 112 Å². The van der Waals surface area contributed by atoms with E-state index in [1.54, 1.807) is 19.2 Å². The minimum atomic E-state index is -0.246. The number of nitrogen functional groups attached to an aromatic ring is 1. The van der Waals surface area contributed by atoms with Gasteiger partial charge < -0.3 is 20.9 Å². The third-order valence-electron chi connectivity index (χ3n) is 2.07. The summed E-state index contributed by atoms with van der Waals surface area (Å²) in [6.07, 6.45) is 2.85. The van der Waals surface area contributed by atoms with Crippen molar-refractivity contribution in [3.8, 4) is 5.75 Å². The largest absolute Gasteiger partial charge is 0.507 e. The molecule has 1 rings (SSSR count). The van der Waals surface area contributed by atoms with Crippen molar-refractivity contribution < 1.29 is 14.6 Å². The smallest absolute Gasteiger partial charge is 0.244 e. The van der Waals surface area contributed by atoms with E-state index in [1.165, 1.54) is 18.2 Å². The zero-order valence-corrected chi connectivity index (χ0v) is 10.9. The predicted molar refractivity (Wildman–Crippen MR) is 73.7 cm³/mol. The summed E-state index contributed by atoms with van der Waals surface area (Å²) in [5, 5.41) is 12.1. The lowest BCUT2D eigenvalue weighted by Gasteiger charge is -2.01. The molecular weight excluding hydrogens is 256 g/mol. The monoisotopic (exact) mass is 272 g/mol. The van der Waals surface area contributed by atoms with Crippen LogP contribution in [-0.4, -0.2) is 31.3 Å². The van der Waals surface area contributed by atoms with E-state index in [0.29, 0.717) is 24.4 Å². The molecule has 0 bridgehead atoms. The Balaban J connectivity index is 0.00000289. The molecular formula is C12H17ClN2O3. The van der Waals surface area contributed by atoms with E-state index in [4.69, 9.17) is 10.5 Å². The number of amides is 1. The summed E-state index contributed by atoms with van der Waals surface area (Å²) in [6.45, 7) is 0.908. The standard InChI is InChI=1S/C12H16N2O3.ClH/c1-17-7-6-14-12(16)5-2-9-8-10(13)3-4-11(9)15;/h2-5,8,15H,6-7,13H2,1H3,(H,14,16);1H. The number of hydrogen-bond donors (Lipinski definition) is 3. The van der Waals surface area contributed by atoms with Crippen LogP contribution in [-0.2, 0) is 9.53 Å². The van der Waals surface area contributed by atoms with Gasteiger partial charge in [0.05, 0.1) is 6.61 Å². The SMILES string of the molecule is COCCNC(=O)C=Cc1cc(N)ccc1O.Cl. The second-order valence-corrected chi connectivity index (χ2v) is 3.44. The van der Waals surface area contributed by atoms with E-state index in [9.17, 15) is 9.90 Å². The summed E-state index contributed by atoms with van der Waals surface area (Å²) in [7, 11) is 1.56. The normalized spacial score (nSPS) is 10.1. The highest BCUT2D eigenvalue weighted by atomic mass is 35.5. The second-order valence-electron chi connectivity index (χ2n) is 3.44. The van der Waals surface area contributed by atoms with Gasteiger partial charge in [-0.15, -0.1) is 12.4 Å². The lowest BCUT2D eigenvalue weighted by atomic mass is 10.1. The van der Waals surface area contributed by atoms with Crippen LogP contribution in [0.5, 0.6) is 5.75 Å². The number of nitrogens with two attached hydrogens (primary N) is 1. The quantitative estimate of drug-likeness (QED) is 0.325. The van der Waals surface area contributed by atoms with Gasteiger partial charge in [-0.05, 0) is 24.3 Å². The highest BCUT2D eigenvalue weighted by Crippen LogP contribution is 2.20. The van der Waals surface area contributed by atoms with Crippen LogP contribution in [0, 0.1) is 0 Å². The van der Waals surface area contributed by atoms with Gasteiger partial charge in [0.15, 0.2) is 0 Å². The van der Waals surface area contributed by atoms with E-state index in [-0.39, 0.29) is 24.1 Å². The molecule has 0 heterocycles. The number of halogens is 1. The molecule has 1 aromatic carbocycles. The van der Waals surface area contributed by atoms with Crippen molar-refractivity contribution in [1.82, 2.24) is 5.32 Å². The molecule has 100 valence electrons. The minimum Gasteiger partial charge on any atom is -0.507 e. The van der Waals surface area contributed by atoms with Crippen molar-refractivity contribution >= 4 is 30.1 Å². The Morgan fingerprint density at radius 1 is 1.56 bits per heavy atom. The number of ether oxygens (including phenoxy) is 1. The summed E-state index contributed by atoms with van der Waals surface area (Å²) in [5.41, 5.74) is 6.61. The number of methoxy groups -OCH3 is 1. The molecule has 0 saturated heterocycles. The van der Waals surface area contributed by atoms with E-state index < -0.39 is 0 Å². The minimum absolute atomic E-state index is 0. The van der Waals surface area contributed by atoms with E-state index in [1.807, 2.05) is 0 Å². The van der Waals surface area contributed by atoms with Crippen LogP contribution in [0.15, 0.2) is 24.3 Å². The zero-order chi connectivity index (χ0) is 12.7. The average Bonchev–Trinajstić information content (AvgIpc) is 2.31. The van der Waals surface area contributed by atoms with Gasteiger partial charge in [0.25, 0.3) is 0 Å². The maximum Gasteiger partial charge on any atom is 0.244 e. The number of carbonyl (C=O) groups excluding carboxylic acids is 1. The molecule has 6 heteroatoms. The van der Waals surface area contributed by atoms with Crippen LogP contribution >= 0.6 is 12.4 Å². The number of rotatable bonds is 5. The Hall–Kier alpha value is -1.72. The molecule has 18 heavy (non-hydrogen) atoms. The molecule has 0 aliphatic carbocycles. The van der Waals surface area contributed by atoms with Crippen molar-refractivity contribution in [1.29, 1.82) is 0 Å². The summed E-state index contributed by atoms with van der Waals surface area (Å²) >= 11 is 0. The Morgan fingerprint density at radius 2 is 2.28 bits per heavy atom. The molecule has 1 aromatic rings. The van der Waals surface area contributed by atoms with Crippen molar-refractivity contribution in [3.63, 3.8) is 0 Å².